The molecule has 0 fully saturated rings. The SMILES string of the molecule is N#Cc1cncc(-c2nc(Cl)ccc2[N+](=O)[O-])c1. The number of hydrogen-bond donors (Lipinski definition) is 0. The van der Waals surface area contributed by atoms with E-state index in [9.17, 15) is 10.1 Å². The number of nitrogens with zero attached hydrogens (tertiary/aromatic N) is 4. The van der Waals surface area contributed by atoms with E-state index in [-0.39, 0.29) is 16.5 Å². The quantitative estimate of drug-likeness (QED) is 0.470. The first-order valence-electron chi connectivity index (χ1n) is 4.78. The molecular formula is C11H5ClN4O2. The molecule has 6 nitrogen and oxygen atoms in total. The third-order valence-electron chi connectivity index (χ3n) is 2.18. The summed E-state index contributed by atoms with van der Waals surface area (Å²) in [6.45, 7) is 0. The summed E-state index contributed by atoms with van der Waals surface area (Å²) in [5, 5.41) is 19.8. The zero-order valence-electron chi connectivity index (χ0n) is 8.87. The second-order valence-corrected chi connectivity index (χ2v) is 3.72. The van der Waals surface area contributed by atoms with E-state index >= 15 is 0 Å². The molecule has 0 spiro atoms. The van der Waals surface area contributed by atoms with E-state index in [0.29, 0.717) is 11.1 Å². The van der Waals surface area contributed by atoms with E-state index in [1.807, 2.05) is 6.07 Å². The number of pyridine rings is 2. The van der Waals surface area contributed by atoms with E-state index in [2.05, 4.69) is 9.97 Å². The number of rotatable bonds is 2. The second-order valence-electron chi connectivity index (χ2n) is 3.33. The minimum atomic E-state index is -0.558. The Kier molecular flexibility index (Phi) is 3.17. The summed E-state index contributed by atoms with van der Waals surface area (Å²) in [6.07, 6.45) is 2.76. The van der Waals surface area contributed by atoms with Gasteiger partial charge in [0.2, 0.25) is 0 Å². The van der Waals surface area contributed by atoms with Crippen molar-refractivity contribution in [2.45, 2.75) is 0 Å². The summed E-state index contributed by atoms with van der Waals surface area (Å²) in [5.41, 5.74) is 0.584. The van der Waals surface area contributed by atoms with Crippen LogP contribution in [0.4, 0.5) is 5.69 Å². The van der Waals surface area contributed by atoms with Gasteiger partial charge < -0.3 is 0 Å². The summed E-state index contributed by atoms with van der Waals surface area (Å²) in [5.74, 6) is 0. The molecule has 2 aromatic rings. The topological polar surface area (TPSA) is 92.7 Å². The van der Waals surface area contributed by atoms with Crippen molar-refractivity contribution in [2.75, 3.05) is 0 Å². The predicted molar refractivity (Wildman–Crippen MR) is 63.8 cm³/mol. The number of nitro groups is 1. The molecule has 0 saturated carbocycles. The van der Waals surface area contributed by atoms with E-state index in [4.69, 9.17) is 16.9 Å². The fourth-order valence-electron chi connectivity index (χ4n) is 1.42. The van der Waals surface area contributed by atoms with Crippen LogP contribution in [0.1, 0.15) is 5.56 Å². The van der Waals surface area contributed by atoms with Crippen molar-refractivity contribution >= 4 is 17.3 Å². The highest BCUT2D eigenvalue weighted by Gasteiger charge is 2.17. The van der Waals surface area contributed by atoms with Gasteiger partial charge in [0, 0.05) is 24.0 Å². The average Bonchev–Trinajstić information content (AvgIpc) is 2.38. The van der Waals surface area contributed by atoms with Crippen LogP contribution in [-0.2, 0) is 0 Å². The van der Waals surface area contributed by atoms with Crippen LogP contribution in [0.15, 0.2) is 30.6 Å². The minimum Gasteiger partial charge on any atom is -0.263 e. The van der Waals surface area contributed by atoms with Crippen LogP contribution in [-0.4, -0.2) is 14.9 Å². The van der Waals surface area contributed by atoms with Gasteiger partial charge in [0.15, 0.2) is 5.69 Å². The zero-order valence-corrected chi connectivity index (χ0v) is 9.63. The van der Waals surface area contributed by atoms with Gasteiger partial charge in [0.1, 0.15) is 11.2 Å². The first kappa shape index (κ1) is 12.0. The van der Waals surface area contributed by atoms with Crippen LogP contribution in [0.3, 0.4) is 0 Å². The average molecular weight is 261 g/mol. The molecule has 7 heteroatoms. The van der Waals surface area contributed by atoms with Gasteiger partial charge in [0.25, 0.3) is 5.69 Å². The Hall–Kier alpha value is -2.52. The molecule has 2 heterocycles. The molecule has 88 valence electrons. The number of halogens is 1. The smallest absolute Gasteiger partial charge is 0.263 e. The molecule has 0 aliphatic carbocycles. The Morgan fingerprint density at radius 3 is 2.83 bits per heavy atom. The number of hydrogen-bond acceptors (Lipinski definition) is 5. The Labute approximate surface area is 107 Å². The van der Waals surface area contributed by atoms with Crippen molar-refractivity contribution < 1.29 is 4.92 Å². The summed E-state index contributed by atoms with van der Waals surface area (Å²) in [4.78, 5) is 18.1. The molecule has 0 saturated heterocycles. The predicted octanol–water partition coefficient (Wildman–Crippen LogP) is 2.58. The number of nitriles is 1. The molecule has 2 aromatic heterocycles. The molecule has 0 atom stereocenters. The molecule has 0 amide bonds. The van der Waals surface area contributed by atoms with E-state index in [1.54, 1.807) is 0 Å². The third kappa shape index (κ3) is 2.26. The standard InChI is InChI=1S/C11H5ClN4O2/c12-10-2-1-9(16(17)18)11(15-10)8-3-7(4-13)5-14-6-8/h1-3,5-6H. The molecule has 0 aliphatic rings. The van der Waals surface area contributed by atoms with Crippen molar-refractivity contribution in [3.05, 3.63) is 51.4 Å². The molecule has 0 aromatic carbocycles. The maximum absolute atomic E-state index is 10.9. The van der Waals surface area contributed by atoms with Gasteiger partial charge in [-0.05, 0) is 12.1 Å². The summed E-state index contributed by atoms with van der Waals surface area (Å²) in [7, 11) is 0. The Balaban J connectivity index is 2.66. The molecular weight excluding hydrogens is 256 g/mol. The van der Waals surface area contributed by atoms with Gasteiger partial charge >= 0.3 is 0 Å². The van der Waals surface area contributed by atoms with Crippen molar-refractivity contribution in [3.63, 3.8) is 0 Å². The van der Waals surface area contributed by atoms with Gasteiger partial charge in [-0.25, -0.2) is 4.98 Å². The maximum Gasteiger partial charge on any atom is 0.295 e. The summed E-state index contributed by atoms with van der Waals surface area (Å²) < 4.78 is 0. The van der Waals surface area contributed by atoms with Gasteiger partial charge in [-0.2, -0.15) is 5.26 Å². The first-order valence-corrected chi connectivity index (χ1v) is 5.16. The summed E-state index contributed by atoms with van der Waals surface area (Å²) >= 11 is 5.73. The zero-order chi connectivity index (χ0) is 13.1. The second kappa shape index (κ2) is 4.77. The fraction of sp³-hybridized carbons (Fsp3) is 0. The lowest BCUT2D eigenvalue weighted by molar-refractivity contribution is -0.384. The van der Waals surface area contributed by atoms with E-state index < -0.39 is 4.92 Å². The van der Waals surface area contributed by atoms with E-state index in [0.717, 1.165) is 0 Å². The van der Waals surface area contributed by atoms with Gasteiger partial charge in [-0.15, -0.1) is 0 Å². The van der Waals surface area contributed by atoms with Crippen LogP contribution in [0.5, 0.6) is 0 Å². The van der Waals surface area contributed by atoms with Crippen LogP contribution in [0, 0.1) is 21.4 Å². The van der Waals surface area contributed by atoms with Crippen molar-refractivity contribution in [1.29, 1.82) is 5.26 Å². The fourth-order valence-corrected chi connectivity index (χ4v) is 1.57. The molecule has 0 radical (unpaired) electrons. The molecule has 0 aliphatic heterocycles. The van der Waals surface area contributed by atoms with Crippen LogP contribution >= 0.6 is 11.6 Å². The molecule has 2 rings (SSSR count). The highest BCUT2D eigenvalue weighted by molar-refractivity contribution is 6.29. The third-order valence-corrected chi connectivity index (χ3v) is 2.39. The number of aromatic nitrogens is 2. The highest BCUT2D eigenvalue weighted by Crippen LogP contribution is 2.29. The summed E-state index contributed by atoms with van der Waals surface area (Å²) in [6, 6.07) is 5.98. The molecule has 0 N–H and O–H groups in total. The molecule has 0 unspecified atom stereocenters. The van der Waals surface area contributed by atoms with Gasteiger partial charge in [-0.3, -0.25) is 15.1 Å². The lowest BCUT2D eigenvalue weighted by atomic mass is 10.1. The van der Waals surface area contributed by atoms with Crippen molar-refractivity contribution in [2.24, 2.45) is 0 Å². The van der Waals surface area contributed by atoms with Crippen molar-refractivity contribution in [3.8, 4) is 17.3 Å². The Morgan fingerprint density at radius 2 is 2.17 bits per heavy atom. The maximum atomic E-state index is 10.9. The van der Waals surface area contributed by atoms with Crippen molar-refractivity contribution in [1.82, 2.24) is 9.97 Å². The lowest BCUT2D eigenvalue weighted by Gasteiger charge is -2.02. The largest absolute Gasteiger partial charge is 0.295 e. The van der Waals surface area contributed by atoms with E-state index in [1.165, 1.54) is 30.6 Å². The van der Waals surface area contributed by atoms with Gasteiger partial charge in [0.05, 0.1) is 10.5 Å². The Morgan fingerprint density at radius 1 is 1.39 bits per heavy atom. The Bertz CT molecular complexity index is 666. The first-order chi connectivity index (χ1) is 8.61. The van der Waals surface area contributed by atoms with Crippen LogP contribution < -0.4 is 0 Å². The van der Waals surface area contributed by atoms with Crippen LogP contribution in [0.2, 0.25) is 5.15 Å². The minimum absolute atomic E-state index is 0.0945. The molecule has 0 bridgehead atoms. The normalized spacial score (nSPS) is 9.78. The van der Waals surface area contributed by atoms with Crippen LogP contribution in [0.25, 0.3) is 11.3 Å². The lowest BCUT2D eigenvalue weighted by Crippen LogP contribution is -1.95. The molecule has 18 heavy (non-hydrogen) atoms. The van der Waals surface area contributed by atoms with Gasteiger partial charge in [-0.1, -0.05) is 11.6 Å². The monoisotopic (exact) mass is 260 g/mol. The highest BCUT2D eigenvalue weighted by atomic mass is 35.5.